The van der Waals surface area contributed by atoms with E-state index in [9.17, 15) is 0 Å². The highest BCUT2D eigenvalue weighted by atomic mass is 16.5. The van der Waals surface area contributed by atoms with Gasteiger partial charge >= 0.3 is 0 Å². The molecule has 18 heavy (non-hydrogen) atoms. The number of anilines is 1. The van der Waals surface area contributed by atoms with Crippen LogP contribution in [0.4, 0.5) is 5.69 Å². The number of pyridine rings is 1. The van der Waals surface area contributed by atoms with Gasteiger partial charge in [0.05, 0.1) is 12.3 Å². The van der Waals surface area contributed by atoms with Crippen molar-refractivity contribution in [1.82, 2.24) is 15.1 Å². The fraction of sp³-hybridized carbons (Fsp3) is 0.273. The Morgan fingerprint density at radius 3 is 2.83 bits per heavy atom. The van der Waals surface area contributed by atoms with E-state index in [1.165, 1.54) is 6.07 Å². The molecule has 0 aliphatic rings. The summed E-state index contributed by atoms with van der Waals surface area (Å²) in [6.07, 6.45) is 0. The van der Waals surface area contributed by atoms with E-state index in [2.05, 4.69) is 15.1 Å². The van der Waals surface area contributed by atoms with Crippen molar-refractivity contribution in [2.75, 3.05) is 12.3 Å². The van der Waals surface area contributed by atoms with E-state index in [1.807, 2.05) is 6.07 Å². The Bertz CT molecular complexity index is 614. The van der Waals surface area contributed by atoms with Crippen molar-refractivity contribution in [2.45, 2.75) is 13.8 Å². The summed E-state index contributed by atoms with van der Waals surface area (Å²) in [5, 5.41) is 12.7. The molecule has 7 heteroatoms. The number of rotatable bonds is 3. The average Bonchev–Trinajstić information content (AvgIpc) is 2.76. The van der Waals surface area contributed by atoms with Gasteiger partial charge < -0.3 is 15.0 Å². The second kappa shape index (κ2) is 4.71. The smallest absolute Gasteiger partial charge is 0.276 e. The van der Waals surface area contributed by atoms with E-state index in [0.29, 0.717) is 18.1 Å². The molecule has 0 fully saturated rings. The lowest BCUT2D eigenvalue weighted by molar-refractivity contribution is 0.326. The Kier molecular flexibility index (Phi) is 3.10. The van der Waals surface area contributed by atoms with Crippen LogP contribution in [0.15, 0.2) is 10.6 Å². The fourth-order valence-electron chi connectivity index (χ4n) is 1.40. The van der Waals surface area contributed by atoms with Gasteiger partial charge in [-0.25, -0.2) is 4.98 Å². The summed E-state index contributed by atoms with van der Waals surface area (Å²) in [5.74, 6) is 0.906. The Morgan fingerprint density at radius 1 is 1.50 bits per heavy atom. The molecule has 92 valence electrons. The number of ether oxygens (including phenoxy) is 1. The molecule has 0 amide bonds. The summed E-state index contributed by atoms with van der Waals surface area (Å²) >= 11 is 0. The molecule has 0 unspecified atom stereocenters. The minimum absolute atomic E-state index is 0.172. The molecule has 0 spiro atoms. The number of hydrogen-bond donors (Lipinski definition) is 1. The lowest BCUT2D eigenvalue weighted by Gasteiger charge is -2.07. The number of aryl methyl sites for hydroxylation is 1. The SMILES string of the molecule is CCOc1nc(-c2nc(C)no2)cc(N)c1C#N. The van der Waals surface area contributed by atoms with Crippen molar-refractivity contribution < 1.29 is 9.26 Å². The molecule has 0 radical (unpaired) electrons. The number of nitriles is 1. The Balaban J connectivity index is 2.54. The van der Waals surface area contributed by atoms with Crippen LogP contribution in [0.25, 0.3) is 11.6 Å². The standard InChI is InChI=1S/C11H11N5O2/c1-3-17-10-7(5-12)8(13)4-9(15-10)11-14-6(2)16-18-11/h4H,3H2,1-2H3,(H2,13,15). The second-order valence-electron chi connectivity index (χ2n) is 3.47. The third kappa shape index (κ3) is 2.08. The van der Waals surface area contributed by atoms with Crippen molar-refractivity contribution in [1.29, 1.82) is 5.26 Å². The zero-order valence-electron chi connectivity index (χ0n) is 9.97. The molecule has 0 atom stereocenters. The summed E-state index contributed by atoms with van der Waals surface area (Å²) in [7, 11) is 0. The van der Waals surface area contributed by atoms with Gasteiger partial charge in [-0.1, -0.05) is 5.16 Å². The molecule has 0 bridgehead atoms. The van der Waals surface area contributed by atoms with Gasteiger partial charge in [-0.15, -0.1) is 0 Å². The van der Waals surface area contributed by atoms with Crippen LogP contribution >= 0.6 is 0 Å². The van der Waals surface area contributed by atoms with E-state index < -0.39 is 0 Å². The molecule has 2 aromatic heterocycles. The maximum Gasteiger partial charge on any atom is 0.276 e. The van der Waals surface area contributed by atoms with Gasteiger partial charge in [0, 0.05) is 0 Å². The molecule has 2 N–H and O–H groups in total. The molecule has 0 saturated carbocycles. The monoisotopic (exact) mass is 245 g/mol. The minimum Gasteiger partial charge on any atom is -0.477 e. The van der Waals surface area contributed by atoms with Gasteiger partial charge in [-0.3, -0.25) is 0 Å². The number of nitrogens with zero attached hydrogens (tertiary/aromatic N) is 4. The van der Waals surface area contributed by atoms with Crippen LogP contribution in [-0.2, 0) is 0 Å². The molecular weight excluding hydrogens is 234 g/mol. The summed E-state index contributed by atoms with van der Waals surface area (Å²) in [4.78, 5) is 8.20. The quantitative estimate of drug-likeness (QED) is 0.867. The molecule has 0 saturated heterocycles. The van der Waals surface area contributed by atoms with Gasteiger partial charge in [0.2, 0.25) is 5.88 Å². The number of hydrogen-bond acceptors (Lipinski definition) is 7. The van der Waals surface area contributed by atoms with E-state index in [1.54, 1.807) is 13.8 Å². The molecule has 0 aliphatic carbocycles. The van der Waals surface area contributed by atoms with Crippen LogP contribution in [-0.4, -0.2) is 21.7 Å². The van der Waals surface area contributed by atoms with Gasteiger partial charge in [-0.05, 0) is 19.9 Å². The highest BCUT2D eigenvalue weighted by molar-refractivity contribution is 5.65. The Hall–Kier alpha value is -2.62. The Labute approximate surface area is 103 Å². The fourth-order valence-corrected chi connectivity index (χ4v) is 1.40. The summed E-state index contributed by atoms with van der Waals surface area (Å²) in [6, 6.07) is 3.46. The molecule has 7 nitrogen and oxygen atoms in total. The third-order valence-electron chi connectivity index (χ3n) is 2.16. The zero-order valence-corrected chi connectivity index (χ0v) is 9.97. The Morgan fingerprint density at radius 2 is 2.28 bits per heavy atom. The first kappa shape index (κ1) is 11.9. The molecular formula is C11H11N5O2. The molecule has 0 aliphatic heterocycles. The third-order valence-corrected chi connectivity index (χ3v) is 2.16. The topological polar surface area (TPSA) is 111 Å². The predicted molar refractivity (Wildman–Crippen MR) is 62.6 cm³/mol. The lowest BCUT2D eigenvalue weighted by atomic mass is 10.2. The van der Waals surface area contributed by atoms with E-state index in [-0.39, 0.29) is 23.0 Å². The summed E-state index contributed by atoms with van der Waals surface area (Å²) < 4.78 is 10.3. The van der Waals surface area contributed by atoms with Crippen LogP contribution in [0.5, 0.6) is 5.88 Å². The van der Waals surface area contributed by atoms with Crippen molar-refractivity contribution >= 4 is 5.69 Å². The normalized spacial score (nSPS) is 10.1. The molecule has 2 aromatic rings. The molecule has 2 rings (SSSR count). The maximum atomic E-state index is 8.99. The van der Waals surface area contributed by atoms with E-state index in [4.69, 9.17) is 20.3 Å². The second-order valence-corrected chi connectivity index (χ2v) is 3.47. The highest BCUT2D eigenvalue weighted by Crippen LogP contribution is 2.27. The van der Waals surface area contributed by atoms with Crippen LogP contribution in [0.2, 0.25) is 0 Å². The minimum atomic E-state index is 0.172. The maximum absolute atomic E-state index is 8.99. The number of aromatic nitrogens is 3. The van der Waals surface area contributed by atoms with Crippen molar-refractivity contribution in [3.63, 3.8) is 0 Å². The lowest BCUT2D eigenvalue weighted by Crippen LogP contribution is -2.02. The van der Waals surface area contributed by atoms with Gasteiger partial charge in [0.25, 0.3) is 5.89 Å². The van der Waals surface area contributed by atoms with Gasteiger partial charge in [0.1, 0.15) is 17.3 Å². The highest BCUT2D eigenvalue weighted by Gasteiger charge is 2.16. The summed E-state index contributed by atoms with van der Waals surface area (Å²) in [5.41, 5.74) is 6.63. The summed E-state index contributed by atoms with van der Waals surface area (Å²) in [6.45, 7) is 3.87. The van der Waals surface area contributed by atoms with E-state index in [0.717, 1.165) is 0 Å². The predicted octanol–water partition coefficient (Wildman–Crippen LogP) is 1.29. The first-order chi connectivity index (χ1) is 8.65. The van der Waals surface area contributed by atoms with Crippen LogP contribution in [0.3, 0.4) is 0 Å². The van der Waals surface area contributed by atoms with E-state index >= 15 is 0 Å². The van der Waals surface area contributed by atoms with Crippen molar-refractivity contribution in [2.24, 2.45) is 0 Å². The number of nitrogens with two attached hydrogens (primary N) is 1. The largest absolute Gasteiger partial charge is 0.477 e. The van der Waals surface area contributed by atoms with Crippen molar-refractivity contribution in [3.8, 4) is 23.5 Å². The van der Waals surface area contributed by atoms with Crippen LogP contribution in [0, 0.1) is 18.3 Å². The first-order valence-electron chi connectivity index (χ1n) is 5.29. The van der Waals surface area contributed by atoms with Crippen LogP contribution in [0.1, 0.15) is 18.3 Å². The number of nitrogen functional groups attached to an aromatic ring is 1. The van der Waals surface area contributed by atoms with Crippen LogP contribution < -0.4 is 10.5 Å². The van der Waals surface area contributed by atoms with Crippen molar-refractivity contribution in [3.05, 3.63) is 17.5 Å². The van der Waals surface area contributed by atoms with Gasteiger partial charge in [-0.2, -0.15) is 10.2 Å². The average molecular weight is 245 g/mol. The first-order valence-corrected chi connectivity index (χ1v) is 5.29. The molecule has 2 heterocycles. The van der Waals surface area contributed by atoms with Gasteiger partial charge in [0.15, 0.2) is 5.82 Å². The zero-order chi connectivity index (χ0) is 13.1. The molecule has 0 aromatic carbocycles.